The van der Waals surface area contributed by atoms with Crippen LogP contribution < -0.4 is 4.90 Å². The van der Waals surface area contributed by atoms with E-state index in [0.29, 0.717) is 31.7 Å². The van der Waals surface area contributed by atoms with Gasteiger partial charge in [0, 0.05) is 36.6 Å². The number of anilines is 1. The molecule has 0 radical (unpaired) electrons. The molecule has 2 aromatic heterocycles. The first-order chi connectivity index (χ1) is 14.8. The van der Waals surface area contributed by atoms with Crippen molar-refractivity contribution < 1.29 is 13.2 Å². The highest BCUT2D eigenvalue weighted by Gasteiger charge is 2.31. The molecule has 1 saturated heterocycles. The smallest absolute Gasteiger partial charge is 0.243 e. The molecule has 2 aliphatic rings. The summed E-state index contributed by atoms with van der Waals surface area (Å²) >= 11 is 1.77. The van der Waals surface area contributed by atoms with Gasteiger partial charge in [-0.15, -0.1) is 11.3 Å². The van der Waals surface area contributed by atoms with Crippen LogP contribution in [0.1, 0.15) is 40.0 Å². The summed E-state index contributed by atoms with van der Waals surface area (Å²) in [5, 5.41) is 1.16. The van der Waals surface area contributed by atoms with Crippen LogP contribution in [0.5, 0.6) is 0 Å². The molecule has 1 aliphatic carbocycles. The molecule has 0 N–H and O–H groups in total. The van der Waals surface area contributed by atoms with E-state index < -0.39 is 10.0 Å². The number of aryl methyl sites for hydroxylation is 3. The maximum atomic E-state index is 13.2. The third-order valence-corrected chi connectivity index (χ3v) is 9.15. The number of hydrogen-bond donors (Lipinski definition) is 0. The topological polar surface area (TPSA) is 83.5 Å². The van der Waals surface area contributed by atoms with Crippen LogP contribution in [0.3, 0.4) is 0 Å². The Morgan fingerprint density at radius 2 is 1.87 bits per heavy atom. The van der Waals surface area contributed by atoms with E-state index in [2.05, 4.69) is 9.88 Å². The van der Waals surface area contributed by atoms with Crippen molar-refractivity contribution in [2.24, 2.45) is 0 Å². The molecule has 7 nitrogen and oxygen atoms in total. The van der Waals surface area contributed by atoms with Crippen LogP contribution in [-0.4, -0.2) is 54.7 Å². The molecule has 0 spiro atoms. The van der Waals surface area contributed by atoms with E-state index in [1.165, 1.54) is 34.2 Å². The van der Waals surface area contributed by atoms with Crippen LogP contribution >= 0.6 is 11.3 Å². The number of carbonyl (C=O) groups is 1. The van der Waals surface area contributed by atoms with Crippen molar-refractivity contribution in [3.8, 4) is 0 Å². The molecule has 1 fully saturated rings. The zero-order chi connectivity index (χ0) is 21.8. The lowest BCUT2D eigenvalue weighted by Gasteiger charge is -2.35. The molecule has 0 bridgehead atoms. The Labute approximate surface area is 185 Å². The number of fused-ring (bicyclic) bond motifs is 3. The summed E-state index contributed by atoms with van der Waals surface area (Å²) in [6.07, 6.45) is 3.35. The van der Waals surface area contributed by atoms with E-state index in [0.717, 1.165) is 34.7 Å². The average Bonchev–Trinajstić information content (AvgIpc) is 3.34. The highest BCUT2D eigenvalue weighted by molar-refractivity contribution is 7.89. The highest BCUT2D eigenvalue weighted by atomic mass is 32.2. The summed E-state index contributed by atoms with van der Waals surface area (Å²) in [6.45, 7) is 5.25. The summed E-state index contributed by atoms with van der Waals surface area (Å²) in [6, 6.07) is 6.29. The van der Waals surface area contributed by atoms with Gasteiger partial charge in [0.15, 0.2) is 5.78 Å². The number of sulfonamides is 1. The largest absolute Gasteiger partial charge is 0.353 e. The van der Waals surface area contributed by atoms with Gasteiger partial charge < -0.3 is 4.90 Å². The lowest BCUT2D eigenvalue weighted by atomic mass is 10.1. The Hall–Kier alpha value is -2.36. The molecule has 5 rings (SSSR count). The van der Waals surface area contributed by atoms with Crippen molar-refractivity contribution in [1.82, 2.24) is 14.3 Å². The Balaban J connectivity index is 1.41. The second-order valence-corrected chi connectivity index (χ2v) is 11.1. The van der Waals surface area contributed by atoms with Crippen molar-refractivity contribution in [2.45, 2.75) is 38.0 Å². The first-order valence-electron chi connectivity index (χ1n) is 10.5. The molecule has 1 aromatic carbocycles. The van der Waals surface area contributed by atoms with Gasteiger partial charge in [-0.2, -0.15) is 4.31 Å². The molecule has 3 aromatic rings. The first kappa shape index (κ1) is 20.5. The van der Waals surface area contributed by atoms with Gasteiger partial charge >= 0.3 is 0 Å². The average molecular weight is 457 g/mol. The second kappa shape index (κ2) is 7.65. The van der Waals surface area contributed by atoms with Crippen LogP contribution in [0.25, 0.3) is 10.2 Å². The molecule has 3 heterocycles. The van der Waals surface area contributed by atoms with Gasteiger partial charge in [-0.3, -0.25) is 4.79 Å². The third-order valence-electron chi connectivity index (χ3n) is 6.07. The number of carbonyl (C=O) groups excluding carboxylic acids is 1. The van der Waals surface area contributed by atoms with Crippen molar-refractivity contribution in [3.63, 3.8) is 0 Å². The number of benzene rings is 1. The lowest BCUT2D eigenvalue weighted by molar-refractivity contribution is 0.101. The molecule has 0 saturated carbocycles. The quantitative estimate of drug-likeness (QED) is 0.561. The molecule has 162 valence electrons. The third kappa shape index (κ3) is 3.54. The maximum absolute atomic E-state index is 13.2. The number of piperazine rings is 1. The van der Waals surface area contributed by atoms with Gasteiger partial charge in [-0.05, 0) is 50.8 Å². The number of ketones is 1. The lowest BCUT2D eigenvalue weighted by Crippen LogP contribution is -2.49. The van der Waals surface area contributed by atoms with E-state index >= 15 is 0 Å². The fourth-order valence-corrected chi connectivity index (χ4v) is 7.24. The highest BCUT2D eigenvalue weighted by Crippen LogP contribution is 2.40. The molecular weight excluding hydrogens is 432 g/mol. The summed E-state index contributed by atoms with van der Waals surface area (Å²) in [5.74, 6) is 1.55. The Morgan fingerprint density at radius 1 is 1.10 bits per heavy atom. The number of hydrogen-bond acceptors (Lipinski definition) is 7. The van der Waals surface area contributed by atoms with Crippen molar-refractivity contribution in [3.05, 3.63) is 46.1 Å². The Bertz CT molecular complexity index is 1290. The number of rotatable bonds is 4. The summed E-state index contributed by atoms with van der Waals surface area (Å²) in [4.78, 5) is 25.9. The van der Waals surface area contributed by atoms with Crippen LogP contribution in [0.2, 0.25) is 0 Å². The molecule has 0 atom stereocenters. The van der Waals surface area contributed by atoms with Crippen LogP contribution in [-0.2, 0) is 22.9 Å². The summed E-state index contributed by atoms with van der Waals surface area (Å²) in [5.41, 5.74) is 1.79. The zero-order valence-corrected chi connectivity index (χ0v) is 19.2. The zero-order valence-electron chi connectivity index (χ0n) is 17.6. The second-order valence-electron chi connectivity index (χ2n) is 8.11. The standard InChI is InChI=1S/C22H24N4O3S2/c1-14(27)16-5-3-6-17(13-16)31(28,29)26-11-9-25(10-12-26)21-20-18-7-4-8-19(18)30-22(20)24-15(2)23-21/h3,5-6,13H,4,7-12H2,1-2H3. The number of Topliss-reactive ketones (excluding diaryl/α,β-unsaturated/α-hetero) is 1. The number of aromatic nitrogens is 2. The van der Waals surface area contributed by atoms with Crippen LogP contribution in [0.4, 0.5) is 5.82 Å². The molecule has 1 aliphatic heterocycles. The van der Waals surface area contributed by atoms with Crippen LogP contribution in [0.15, 0.2) is 29.2 Å². The van der Waals surface area contributed by atoms with Crippen LogP contribution in [0, 0.1) is 6.92 Å². The SMILES string of the molecule is CC(=O)c1cccc(S(=O)(=O)N2CCN(c3nc(C)nc4sc5c(c34)CCC5)CC2)c1. The molecule has 31 heavy (non-hydrogen) atoms. The van der Waals surface area contributed by atoms with Crippen molar-refractivity contribution in [2.75, 3.05) is 31.1 Å². The van der Waals surface area contributed by atoms with Gasteiger partial charge in [0.1, 0.15) is 16.5 Å². The molecule has 0 unspecified atom stereocenters. The molecule has 0 amide bonds. The molecular formula is C22H24N4O3S2. The summed E-state index contributed by atoms with van der Waals surface area (Å²) < 4.78 is 27.8. The maximum Gasteiger partial charge on any atom is 0.243 e. The first-order valence-corrected chi connectivity index (χ1v) is 12.8. The monoisotopic (exact) mass is 456 g/mol. The van der Waals surface area contributed by atoms with Gasteiger partial charge in [0.05, 0.1) is 10.3 Å². The van der Waals surface area contributed by atoms with E-state index in [1.807, 2.05) is 6.92 Å². The van der Waals surface area contributed by atoms with Crippen molar-refractivity contribution >= 4 is 43.2 Å². The fraction of sp³-hybridized carbons (Fsp3) is 0.409. The minimum atomic E-state index is -3.65. The normalized spacial score (nSPS) is 17.3. The molecule has 9 heteroatoms. The predicted molar refractivity (Wildman–Crippen MR) is 122 cm³/mol. The predicted octanol–water partition coefficient (Wildman–Crippen LogP) is 3.20. The number of thiophene rings is 1. The number of nitrogens with zero attached hydrogens (tertiary/aromatic N) is 4. The minimum absolute atomic E-state index is 0.145. The van der Waals surface area contributed by atoms with Gasteiger partial charge in [-0.1, -0.05) is 12.1 Å². The van der Waals surface area contributed by atoms with Crippen molar-refractivity contribution in [1.29, 1.82) is 0 Å². The Morgan fingerprint density at radius 3 is 2.61 bits per heavy atom. The van der Waals surface area contributed by atoms with E-state index in [1.54, 1.807) is 29.5 Å². The van der Waals surface area contributed by atoms with E-state index in [4.69, 9.17) is 4.98 Å². The van der Waals surface area contributed by atoms with E-state index in [9.17, 15) is 13.2 Å². The fourth-order valence-electron chi connectivity index (χ4n) is 4.47. The summed E-state index contributed by atoms with van der Waals surface area (Å²) in [7, 11) is -3.65. The minimum Gasteiger partial charge on any atom is -0.353 e. The van der Waals surface area contributed by atoms with Gasteiger partial charge in [0.2, 0.25) is 10.0 Å². The Kier molecular flexibility index (Phi) is 5.07. The van der Waals surface area contributed by atoms with Gasteiger partial charge in [-0.25, -0.2) is 18.4 Å². The van der Waals surface area contributed by atoms with Gasteiger partial charge in [0.25, 0.3) is 0 Å². The van der Waals surface area contributed by atoms with E-state index in [-0.39, 0.29) is 10.7 Å².